The molecule has 5 rings (SSSR count). The van der Waals surface area contributed by atoms with Crippen LogP contribution in [0.1, 0.15) is 21.1 Å². The van der Waals surface area contributed by atoms with E-state index in [1.165, 1.54) is 18.4 Å². The Hall–Kier alpha value is -3.96. The highest BCUT2D eigenvalue weighted by Gasteiger charge is 2.21. The molecule has 0 unspecified atom stereocenters. The molecule has 11 heteroatoms. The lowest BCUT2D eigenvalue weighted by Gasteiger charge is -2.05. The SMILES string of the molecule is COCc1nc(OC)c2c(C)c(C(=O)Nc3ccc4nc(-c5cc(F)ccc5F)[nH]c4c3)sc2n1. The van der Waals surface area contributed by atoms with Crippen molar-refractivity contribution < 1.29 is 23.0 Å². The van der Waals surface area contributed by atoms with Crippen LogP contribution in [-0.4, -0.2) is 40.1 Å². The largest absolute Gasteiger partial charge is 0.480 e. The summed E-state index contributed by atoms with van der Waals surface area (Å²) in [6.45, 7) is 2.03. The number of halogens is 2. The minimum absolute atomic E-state index is 0.0237. The molecule has 0 atom stereocenters. The van der Waals surface area contributed by atoms with Gasteiger partial charge in [-0.15, -0.1) is 11.3 Å². The van der Waals surface area contributed by atoms with E-state index in [-0.39, 0.29) is 23.9 Å². The number of fused-ring (bicyclic) bond motifs is 2. The topological polar surface area (TPSA) is 102 Å². The van der Waals surface area contributed by atoms with Crippen molar-refractivity contribution in [3.05, 3.63) is 64.3 Å². The zero-order chi connectivity index (χ0) is 24.7. The number of nitrogens with one attached hydrogen (secondary N) is 2. The Kier molecular flexibility index (Phi) is 5.87. The van der Waals surface area contributed by atoms with E-state index in [4.69, 9.17) is 9.47 Å². The average molecular weight is 496 g/mol. The van der Waals surface area contributed by atoms with Crippen LogP contribution < -0.4 is 10.1 Å². The first-order valence-corrected chi connectivity index (χ1v) is 11.3. The van der Waals surface area contributed by atoms with Crippen molar-refractivity contribution in [2.75, 3.05) is 19.5 Å². The van der Waals surface area contributed by atoms with Crippen molar-refractivity contribution in [3.63, 3.8) is 0 Å². The van der Waals surface area contributed by atoms with Crippen LogP contribution >= 0.6 is 11.3 Å². The van der Waals surface area contributed by atoms with Gasteiger partial charge in [-0.25, -0.2) is 18.7 Å². The number of hydrogen-bond donors (Lipinski definition) is 2. The molecule has 0 aliphatic heterocycles. The lowest BCUT2D eigenvalue weighted by atomic mass is 10.2. The molecule has 0 saturated heterocycles. The number of benzene rings is 2. The molecule has 5 aromatic rings. The highest BCUT2D eigenvalue weighted by Crippen LogP contribution is 2.35. The maximum Gasteiger partial charge on any atom is 0.266 e. The minimum atomic E-state index is -0.591. The number of aryl methyl sites for hydroxylation is 1. The maximum atomic E-state index is 14.2. The summed E-state index contributed by atoms with van der Waals surface area (Å²) in [5, 5.41) is 3.55. The summed E-state index contributed by atoms with van der Waals surface area (Å²) in [6.07, 6.45) is 0. The molecule has 2 N–H and O–H groups in total. The molecule has 3 aromatic heterocycles. The van der Waals surface area contributed by atoms with Gasteiger partial charge in [0.05, 0.1) is 34.0 Å². The summed E-state index contributed by atoms with van der Waals surface area (Å²) in [5.74, 6) is -0.448. The third-order valence-corrected chi connectivity index (χ3v) is 6.58. The molecule has 0 fully saturated rings. The van der Waals surface area contributed by atoms with Crippen LogP contribution in [0.25, 0.3) is 32.6 Å². The van der Waals surface area contributed by atoms with Crippen LogP contribution in [0.4, 0.5) is 14.5 Å². The van der Waals surface area contributed by atoms with Crippen molar-refractivity contribution in [1.82, 2.24) is 19.9 Å². The van der Waals surface area contributed by atoms with Crippen molar-refractivity contribution in [2.24, 2.45) is 0 Å². The summed E-state index contributed by atoms with van der Waals surface area (Å²) in [7, 11) is 3.06. The zero-order valence-corrected chi connectivity index (χ0v) is 19.7. The van der Waals surface area contributed by atoms with E-state index in [9.17, 15) is 13.6 Å². The fraction of sp³-hybridized carbons (Fsp3) is 0.167. The second-order valence-corrected chi connectivity index (χ2v) is 8.71. The zero-order valence-electron chi connectivity index (χ0n) is 18.9. The van der Waals surface area contributed by atoms with Crippen LogP contribution in [0.15, 0.2) is 36.4 Å². The molecular weight excluding hydrogens is 476 g/mol. The highest BCUT2D eigenvalue weighted by molar-refractivity contribution is 7.20. The van der Waals surface area contributed by atoms with Gasteiger partial charge in [-0.3, -0.25) is 4.79 Å². The third kappa shape index (κ3) is 4.19. The number of thiophene rings is 1. The third-order valence-electron chi connectivity index (χ3n) is 5.40. The van der Waals surface area contributed by atoms with E-state index in [1.54, 1.807) is 25.3 Å². The van der Waals surface area contributed by atoms with E-state index in [0.29, 0.717) is 49.1 Å². The van der Waals surface area contributed by atoms with Gasteiger partial charge in [0.15, 0.2) is 5.82 Å². The number of aromatic nitrogens is 4. The first-order chi connectivity index (χ1) is 16.9. The summed E-state index contributed by atoms with van der Waals surface area (Å²) in [5.41, 5.74) is 2.34. The average Bonchev–Trinajstić information content (AvgIpc) is 3.41. The van der Waals surface area contributed by atoms with Gasteiger partial charge < -0.3 is 19.8 Å². The number of ether oxygens (including phenoxy) is 2. The predicted molar refractivity (Wildman–Crippen MR) is 129 cm³/mol. The van der Waals surface area contributed by atoms with Crippen LogP contribution in [0.3, 0.4) is 0 Å². The van der Waals surface area contributed by atoms with Gasteiger partial charge in [0.1, 0.15) is 28.9 Å². The van der Waals surface area contributed by atoms with E-state index in [2.05, 4.69) is 25.3 Å². The first-order valence-electron chi connectivity index (χ1n) is 10.5. The fourth-order valence-electron chi connectivity index (χ4n) is 3.78. The summed E-state index contributed by atoms with van der Waals surface area (Å²) in [4.78, 5) is 30.4. The molecule has 0 bridgehead atoms. The molecule has 0 aliphatic carbocycles. The van der Waals surface area contributed by atoms with Crippen molar-refractivity contribution in [1.29, 1.82) is 0 Å². The summed E-state index contributed by atoms with van der Waals surface area (Å²) < 4.78 is 38.3. The number of rotatable bonds is 6. The van der Waals surface area contributed by atoms with Crippen molar-refractivity contribution in [2.45, 2.75) is 13.5 Å². The van der Waals surface area contributed by atoms with Gasteiger partial charge in [0.2, 0.25) is 5.88 Å². The normalized spacial score (nSPS) is 11.3. The van der Waals surface area contributed by atoms with E-state index in [0.717, 1.165) is 18.2 Å². The maximum absolute atomic E-state index is 14.2. The van der Waals surface area contributed by atoms with Gasteiger partial charge >= 0.3 is 0 Å². The van der Waals surface area contributed by atoms with Crippen LogP contribution in [0, 0.1) is 18.6 Å². The highest BCUT2D eigenvalue weighted by atomic mass is 32.1. The molecule has 35 heavy (non-hydrogen) atoms. The minimum Gasteiger partial charge on any atom is -0.480 e. The molecule has 0 spiro atoms. The van der Waals surface area contributed by atoms with E-state index >= 15 is 0 Å². The number of aromatic amines is 1. The predicted octanol–water partition coefficient (Wildman–Crippen LogP) is 5.23. The second-order valence-electron chi connectivity index (χ2n) is 7.71. The lowest BCUT2D eigenvalue weighted by Crippen LogP contribution is -2.11. The molecule has 0 saturated carbocycles. The summed E-state index contributed by atoms with van der Waals surface area (Å²) in [6, 6.07) is 8.23. The Bertz CT molecular complexity index is 1600. The Morgan fingerprint density at radius 2 is 1.94 bits per heavy atom. The monoisotopic (exact) mass is 495 g/mol. The Balaban J connectivity index is 1.46. The Morgan fingerprint density at radius 1 is 1.11 bits per heavy atom. The Labute approximate surface area is 202 Å². The van der Waals surface area contributed by atoms with Crippen LogP contribution in [0.5, 0.6) is 5.88 Å². The first kappa shape index (κ1) is 22.8. The number of H-pyrrole nitrogens is 1. The standard InChI is InChI=1S/C24H19F2N5O3S/c1-11-19-23(34-3)30-18(10-33-2)31-24(19)35-20(11)22(32)27-13-5-7-16-17(9-13)29-21(28-16)14-8-12(25)4-6-15(14)26/h4-9H,10H2,1-3H3,(H,27,32)(H,28,29). The molecule has 3 heterocycles. The number of imidazole rings is 1. The van der Waals surface area contributed by atoms with Crippen molar-refractivity contribution in [3.8, 4) is 17.3 Å². The Morgan fingerprint density at radius 3 is 2.71 bits per heavy atom. The molecule has 178 valence electrons. The van der Waals surface area contributed by atoms with Gasteiger partial charge in [-0.2, -0.15) is 4.98 Å². The van der Waals surface area contributed by atoms with Crippen LogP contribution in [-0.2, 0) is 11.3 Å². The number of hydrogen-bond acceptors (Lipinski definition) is 7. The number of anilines is 1. The molecule has 0 radical (unpaired) electrons. The summed E-state index contributed by atoms with van der Waals surface area (Å²) >= 11 is 1.23. The molecule has 2 aromatic carbocycles. The van der Waals surface area contributed by atoms with Crippen LogP contribution in [0.2, 0.25) is 0 Å². The van der Waals surface area contributed by atoms with Gasteiger partial charge in [-0.05, 0) is 48.9 Å². The number of amides is 1. The quantitative estimate of drug-likeness (QED) is 0.335. The van der Waals surface area contributed by atoms with E-state index < -0.39 is 11.6 Å². The van der Waals surface area contributed by atoms with Gasteiger partial charge in [0, 0.05) is 12.8 Å². The second kappa shape index (κ2) is 9.01. The number of carbonyl (C=O) groups is 1. The molecular formula is C24H19F2N5O3S. The fourth-order valence-corrected chi connectivity index (χ4v) is 4.87. The number of nitrogens with zero attached hydrogens (tertiary/aromatic N) is 3. The van der Waals surface area contributed by atoms with E-state index in [1.807, 2.05) is 6.92 Å². The van der Waals surface area contributed by atoms with Gasteiger partial charge in [0.25, 0.3) is 5.91 Å². The molecule has 8 nitrogen and oxygen atoms in total. The van der Waals surface area contributed by atoms with Gasteiger partial charge in [-0.1, -0.05) is 0 Å². The molecule has 1 amide bonds. The molecule has 0 aliphatic rings. The number of carbonyl (C=O) groups excluding carboxylic acids is 1. The number of methoxy groups -OCH3 is 2. The van der Waals surface area contributed by atoms with Crippen molar-refractivity contribution >= 4 is 44.2 Å². The lowest BCUT2D eigenvalue weighted by molar-refractivity contribution is 0.103. The smallest absolute Gasteiger partial charge is 0.266 e.